The molecule has 0 aromatic carbocycles. The third-order valence-electron chi connectivity index (χ3n) is 3.88. The Labute approximate surface area is 96.2 Å². The van der Waals surface area contributed by atoms with Crippen LogP contribution in [0.3, 0.4) is 0 Å². The lowest BCUT2D eigenvalue weighted by atomic mass is 9.84. The molecule has 1 saturated carbocycles. The summed E-state index contributed by atoms with van der Waals surface area (Å²) in [7, 11) is 0. The molecule has 0 aromatic heterocycles. The number of nitrogens with two attached hydrogens (primary N) is 1. The Morgan fingerprint density at radius 3 is 2.62 bits per heavy atom. The highest BCUT2D eigenvalue weighted by molar-refractivity contribution is 5.83. The van der Waals surface area contributed by atoms with Gasteiger partial charge in [-0.15, -0.1) is 0 Å². The van der Waals surface area contributed by atoms with Gasteiger partial charge in [0.05, 0.1) is 12.0 Å². The molecular formula is C12H20N2O2. The van der Waals surface area contributed by atoms with Gasteiger partial charge in [-0.25, -0.2) is 0 Å². The van der Waals surface area contributed by atoms with Gasteiger partial charge in [-0.2, -0.15) is 0 Å². The summed E-state index contributed by atoms with van der Waals surface area (Å²) < 4.78 is 0. The lowest BCUT2D eigenvalue weighted by molar-refractivity contribution is -0.139. The molecule has 0 spiro atoms. The Kier molecular flexibility index (Phi) is 3.59. The molecule has 4 nitrogen and oxygen atoms in total. The van der Waals surface area contributed by atoms with E-state index in [-0.39, 0.29) is 23.9 Å². The summed E-state index contributed by atoms with van der Waals surface area (Å²) in [6, 6.07) is -0.198. The number of likely N-dealkylation sites (tertiary alicyclic amines) is 1. The number of nitrogens with zero attached hydrogens (tertiary/aromatic N) is 1. The number of rotatable bonds is 2. The van der Waals surface area contributed by atoms with Crippen molar-refractivity contribution in [2.45, 2.75) is 50.6 Å². The normalized spacial score (nSPS) is 35.1. The van der Waals surface area contributed by atoms with Crippen LogP contribution in [-0.4, -0.2) is 35.7 Å². The molecule has 0 aromatic rings. The van der Waals surface area contributed by atoms with E-state index in [2.05, 4.69) is 0 Å². The molecule has 90 valence electrons. The first kappa shape index (κ1) is 11.6. The fourth-order valence-corrected chi connectivity index (χ4v) is 2.89. The van der Waals surface area contributed by atoms with Gasteiger partial charge < -0.3 is 15.4 Å². The Balaban J connectivity index is 2.02. The largest absolute Gasteiger partial charge is 0.333 e. The fraction of sp³-hybridized carbons (Fsp3) is 0.833. The molecule has 1 heterocycles. The molecule has 0 radical (unpaired) electrons. The number of hydrogen-bond acceptors (Lipinski definition) is 3. The molecule has 2 fully saturated rings. The van der Waals surface area contributed by atoms with Crippen LogP contribution in [0, 0.1) is 5.92 Å². The van der Waals surface area contributed by atoms with E-state index in [4.69, 9.17) is 5.73 Å². The van der Waals surface area contributed by atoms with Gasteiger partial charge in [-0.3, -0.25) is 4.79 Å². The van der Waals surface area contributed by atoms with Gasteiger partial charge >= 0.3 is 0 Å². The third kappa shape index (κ3) is 2.12. The second-order valence-electron chi connectivity index (χ2n) is 4.93. The highest BCUT2D eigenvalue weighted by Gasteiger charge is 2.36. The summed E-state index contributed by atoms with van der Waals surface area (Å²) in [5.41, 5.74) is 6.00. The highest BCUT2D eigenvalue weighted by atomic mass is 16.2. The van der Waals surface area contributed by atoms with E-state index in [1.54, 1.807) is 4.90 Å². The monoisotopic (exact) mass is 224 g/mol. The van der Waals surface area contributed by atoms with Crippen molar-refractivity contribution in [3.63, 3.8) is 0 Å². The van der Waals surface area contributed by atoms with Crippen LogP contribution in [-0.2, 0) is 9.59 Å². The Bertz CT molecular complexity index is 280. The predicted molar refractivity (Wildman–Crippen MR) is 60.7 cm³/mol. The van der Waals surface area contributed by atoms with Crippen molar-refractivity contribution >= 4 is 12.2 Å². The lowest BCUT2D eigenvalue weighted by Gasteiger charge is -2.32. The van der Waals surface area contributed by atoms with Crippen LogP contribution in [0.15, 0.2) is 0 Å². The summed E-state index contributed by atoms with van der Waals surface area (Å²) in [6.45, 7) is 0.728. The molecule has 3 atom stereocenters. The average molecular weight is 224 g/mol. The Morgan fingerprint density at radius 1 is 1.19 bits per heavy atom. The van der Waals surface area contributed by atoms with Crippen molar-refractivity contribution in [2.24, 2.45) is 11.7 Å². The van der Waals surface area contributed by atoms with Crippen LogP contribution in [0.25, 0.3) is 0 Å². The van der Waals surface area contributed by atoms with Crippen molar-refractivity contribution in [2.75, 3.05) is 6.54 Å². The van der Waals surface area contributed by atoms with Crippen LogP contribution in [0.1, 0.15) is 38.5 Å². The molecule has 2 unspecified atom stereocenters. The minimum absolute atomic E-state index is 0.00541. The Hall–Kier alpha value is -0.900. The molecular weight excluding hydrogens is 204 g/mol. The first-order chi connectivity index (χ1) is 7.74. The maximum Gasteiger partial charge on any atom is 0.227 e. The van der Waals surface area contributed by atoms with E-state index in [0.717, 1.165) is 51.4 Å². The van der Waals surface area contributed by atoms with Crippen molar-refractivity contribution in [3.05, 3.63) is 0 Å². The van der Waals surface area contributed by atoms with Crippen molar-refractivity contribution in [1.29, 1.82) is 0 Å². The van der Waals surface area contributed by atoms with Crippen molar-refractivity contribution in [1.82, 2.24) is 4.90 Å². The van der Waals surface area contributed by atoms with Crippen molar-refractivity contribution < 1.29 is 9.59 Å². The molecule has 1 aliphatic carbocycles. The van der Waals surface area contributed by atoms with E-state index in [1.165, 1.54) is 0 Å². The number of hydrogen-bond donors (Lipinski definition) is 1. The van der Waals surface area contributed by atoms with E-state index in [1.807, 2.05) is 0 Å². The van der Waals surface area contributed by atoms with Gasteiger partial charge in [0.25, 0.3) is 0 Å². The summed E-state index contributed by atoms with van der Waals surface area (Å²) in [6.07, 6.45) is 6.71. The minimum atomic E-state index is -0.193. The SMILES string of the molecule is NC1CCCCC1C(=O)N1CCC[C@H]1C=O. The van der Waals surface area contributed by atoms with Crippen LogP contribution in [0.2, 0.25) is 0 Å². The molecule has 16 heavy (non-hydrogen) atoms. The lowest BCUT2D eigenvalue weighted by Crippen LogP contribution is -2.47. The molecule has 0 bridgehead atoms. The molecule has 2 N–H and O–H groups in total. The number of carbonyl (C=O) groups is 2. The quantitative estimate of drug-likeness (QED) is 0.702. The second kappa shape index (κ2) is 4.95. The van der Waals surface area contributed by atoms with E-state index < -0.39 is 0 Å². The number of aldehydes is 1. The van der Waals surface area contributed by atoms with Crippen LogP contribution in [0.5, 0.6) is 0 Å². The van der Waals surface area contributed by atoms with Crippen molar-refractivity contribution in [3.8, 4) is 0 Å². The van der Waals surface area contributed by atoms with E-state index in [0.29, 0.717) is 0 Å². The molecule has 1 amide bonds. The maximum atomic E-state index is 12.3. The topological polar surface area (TPSA) is 63.4 Å². The molecule has 4 heteroatoms. The zero-order valence-corrected chi connectivity index (χ0v) is 9.60. The average Bonchev–Trinajstić information content (AvgIpc) is 2.77. The van der Waals surface area contributed by atoms with Crippen LogP contribution in [0.4, 0.5) is 0 Å². The molecule has 1 aliphatic heterocycles. The van der Waals surface area contributed by atoms with Gasteiger partial charge in [0.2, 0.25) is 5.91 Å². The van der Waals surface area contributed by atoms with E-state index in [9.17, 15) is 9.59 Å². The molecule has 1 saturated heterocycles. The smallest absolute Gasteiger partial charge is 0.227 e. The standard InChI is InChI=1S/C12H20N2O2/c13-11-6-2-1-5-10(11)12(16)14-7-3-4-9(14)8-15/h8-11H,1-7,13H2/t9-,10?,11?/m0/s1. The van der Waals surface area contributed by atoms with Gasteiger partial charge in [0, 0.05) is 12.6 Å². The first-order valence-electron chi connectivity index (χ1n) is 6.25. The van der Waals surface area contributed by atoms with Gasteiger partial charge in [0.15, 0.2) is 0 Å². The predicted octanol–water partition coefficient (Wildman–Crippen LogP) is 0.694. The van der Waals surface area contributed by atoms with Gasteiger partial charge in [0.1, 0.15) is 6.29 Å². The van der Waals surface area contributed by atoms with E-state index >= 15 is 0 Å². The highest BCUT2D eigenvalue weighted by Crippen LogP contribution is 2.27. The third-order valence-corrected chi connectivity index (χ3v) is 3.88. The molecule has 2 rings (SSSR count). The fourth-order valence-electron chi connectivity index (χ4n) is 2.89. The second-order valence-corrected chi connectivity index (χ2v) is 4.93. The molecule has 2 aliphatic rings. The van der Waals surface area contributed by atoms with Crippen LogP contribution < -0.4 is 5.73 Å². The zero-order valence-electron chi connectivity index (χ0n) is 9.60. The summed E-state index contributed by atoms with van der Waals surface area (Å²) in [4.78, 5) is 24.9. The summed E-state index contributed by atoms with van der Waals surface area (Å²) in [5, 5.41) is 0. The van der Waals surface area contributed by atoms with Crippen LogP contribution >= 0.6 is 0 Å². The zero-order chi connectivity index (χ0) is 11.5. The summed E-state index contributed by atoms with van der Waals surface area (Å²) in [5.74, 6) is 0.0658. The number of carbonyl (C=O) groups excluding carboxylic acids is 2. The first-order valence-corrected chi connectivity index (χ1v) is 6.25. The summed E-state index contributed by atoms with van der Waals surface area (Å²) >= 11 is 0. The minimum Gasteiger partial charge on any atom is -0.333 e. The van der Waals surface area contributed by atoms with Gasteiger partial charge in [-0.1, -0.05) is 12.8 Å². The Morgan fingerprint density at radius 2 is 1.94 bits per heavy atom. The maximum absolute atomic E-state index is 12.3. The number of amides is 1. The van der Waals surface area contributed by atoms with Gasteiger partial charge in [-0.05, 0) is 25.7 Å².